The van der Waals surface area contributed by atoms with Crippen LogP contribution in [-0.2, 0) is 5.41 Å². The van der Waals surface area contributed by atoms with Crippen molar-refractivity contribution in [1.29, 1.82) is 0 Å². The topological polar surface area (TPSA) is 97.8 Å². The molecule has 6 nitrogen and oxygen atoms in total. The van der Waals surface area contributed by atoms with E-state index in [1.54, 1.807) is 0 Å². The summed E-state index contributed by atoms with van der Waals surface area (Å²) in [5, 5.41) is 17.1. The van der Waals surface area contributed by atoms with Gasteiger partial charge in [-0.2, -0.15) is 5.10 Å². The lowest BCUT2D eigenvalue weighted by molar-refractivity contribution is -0.385. The summed E-state index contributed by atoms with van der Waals surface area (Å²) in [5.41, 5.74) is 6.22. The van der Waals surface area contributed by atoms with Gasteiger partial charge in [0.1, 0.15) is 11.9 Å². The van der Waals surface area contributed by atoms with Crippen LogP contribution in [0.1, 0.15) is 25.5 Å². The quantitative estimate of drug-likeness (QED) is 0.549. The van der Waals surface area contributed by atoms with Gasteiger partial charge >= 0.3 is 5.69 Å². The monoisotopic (exact) mass is 196 g/mol. The van der Waals surface area contributed by atoms with Crippen LogP contribution in [0.4, 0.5) is 5.69 Å². The van der Waals surface area contributed by atoms with Gasteiger partial charge in [0.15, 0.2) is 0 Å². The Labute approximate surface area is 80.6 Å². The third-order valence-corrected chi connectivity index (χ3v) is 2.97. The second-order valence-electron chi connectivity index (χ2n) is 3.83. The Hall–Kier alpha value is -1.43. The molecule has 2 rings (SSSR count). The molecule has 0 aliphatic heterocycles. The minimum atomic E-state index is -0.415. The number of hydrogen-bond acceptors (Lipinski definition) is 4. The molecule has 3 N–H and O–H groups in total. The summed E-state index contributed by atoms with van der Waals surface area (Å²) in [4.78, 5) is 10.3. The lowest BCUT2D eigenvalue weighted by atomic mass is 9.94. The fourth-order valence-electron chi connectivity index (χ4n) is 1.85. The molecule has 0 radical (unpaired) electrons. The van der Waals surface area contributed by atoms with Crippen LogP contribution in [0.5, 0.6) is 0 Å². The van der Waals surface area contributed by atoms with E-state index in [2.05, 4.69) is 10.2 Å². The molecule has 1 aromatic heterocycles. The zero-order valence-corrected chi connectivity index (χ0v) is 7.86. The molecule has 1 saturated carbocycles. The average molecular weight is 196 g/mol. The van der Waals surface area contributed by atoms with Crippen molar-refractivity contribution < 1.29 is 4.92 Å². The summed E-state index contributed by atoms with van der Waals surface area (Å²) in [7, 11) is 0. The van der Waals surface area contributed by atoms with E-state index in [1.807, 2.05) is 6.92 Å². The van der Waals surface area contributed by atoms with E-state index in [4.69, 9.17) is 5.73 Å². The van der Waals surface area contributed by atoms with Crippen molar-refractivity contribution in [2.75, 3.05) is 0 Å². The number of H-pyrrole nitrogens is 1. The van der Waals surface area contributed by atoms with Crippen LogP contribution in [0.3, 0.4) is 0 Å². The molecule has 1 heterocycles. The smallest absolute Gasteiger partial charge is 0.310 e. The predicted octanol–water partition coefficient (Wildman–Crippen LogP) is 0.697. The summed E-state index contributed by atoms with van der Waals surface area (Å²) in [5.74, 6) is 0. The molecule has 14 heavy (non-hydrogen) atoms. The normalized spacial score (nSPS) is 20.4. The van der Waals surface area contributed by atoms with Crippen molar-refractivity contribution in [1.82, 2.24) is 10.2 Å². The number of aromatic amines is 1. The highest BCUT2D eigenvalue weighted by molar-refractivity contribution is 5.43. The maximum Gasteiger partial charge on any atom is 0.310 e. The Morgan fingerprint density at radius 1 is 1.79 bits per heavy atom. The average Bonchev–Trinajstić information content (AvgIpc) is 2.77. The van der Waals surface area contributed by atoms with Crippen LogP contribution >= 0.6 is 0 Å². The maximum absolute atomic E-state index is 10.7. The van der Waals surface area contributed by atoms with Gasteiger partial charge in [-0.05, 0) is 19.8 Å². The van der Waals surface area contributed by atoms with Gasteiger partial charge in [0.05, 0.1) is 4.92 Å². The molecule has 1 fully saturated rings. The van der Waals surface area contributed by atoms with Gasteiger partial charge in [-0.3, -0.25) is 15.2 Å². The fourth-order valence-corrected chi connectivity index (χ4v) is 1.85. The highest BCUT2D eigenvalue weighted by Crippen LogP contribution is 2.51. The first-order valence-corrected chi connectivity index (χ1v) is 4.52. The van der Waals surface area contributed by atoms with E-state index in [9.17, 15) is 10.1 Å². The zero-order chi connectivity index (χ0) is 10.3. The molecule has 1 atom stereocenters. The summed E-state index contributed by atoms with van der Waals surface area (Å²) in [6.07, 6.45) is 3.04. The third kappa shape index (κ3) is 1.11. The van der Waals surface area contributed by atoms with Gasteiger partial charge in [-0.15, -0.1) is 0 Å². The maximum atomic E-state index is 10.7. The number of nitro groups is 1. The summed E-state index contributed by atoms with van der Waals surface area (Å²) < 4.78 is 0. The van der Waals surface area contributed by atoms with E-state index in [1.165, 1.54) is 6.20 Å². The molecular formula is C8H12N4O2. The van der Waals surface area contributed by atoms with E-state index in [0.29, 0.717) is 5.69 Å². The molecule has 0 aromatic carbocycles. The standard InChI is InChI=1S/C8H12N4O2/c1-5(9)8(2-3-8)7-6(12(13)14)4-10-11-7/h4-5H,2-3,9H2,1H3,(H,10,11). The highest BCUT2D eigenvalue weighted by atomic mass is 16.6. The summed E-state index contributed by atoms with van der Waals surface area (Å²) in [6.45, 7) is 1.87. The van der Waals surface area contributed by atoms with Gasteiger partial charge < -0.3 is 5.73 Å². The van der Waals surface area contributed by atoms with Gasteiger partial charge in [0.2, 0.25) is 0 Å². The van der Waals surface area contributed by atoms with Crippen molar-refractivity contribution in [3.05, 3.63) is 22.0 Å². The van der Waals surface area contributed by atoms with Crippen LogP contribution in [0.2, 0.25) is 0 Å². The molecule has 0 spiro atoms. The second kappa shape index (κ2) is 2.78. The van der Waals surface area contributed by atoms with E-state index in [-0.39, 0.29) is 17.1 Å². The molecule has 1 aromatic rings. The van der Waals surface area contributed by atoms with Gasteiger partial charge in [0, 0.05) is 11.5 Å². The van der Waals surface area contributed by atoms with Crippen molar-refractivity contribution in [2.24, 2.45) is 5.73 Å². The van der Waals surface area contributed by atoms with E-state index < -0.39 is 4.92 Å². The minimum absolute atomic E-state index is 0.0554. The molecule has 76 valence electrons. The lowest BCUT2D eigenvalue weighted by Crippen LogP contribution is -2.32. The number of nitrogens with one attached hydrogen (secondary N) is 1. The van der Waals surface area contributed by atoms with Crippen LogP contribution in [0, 0.1) is 10.1 Å². The molecule has 1 unspecified atom stereocenters. The lowest BCUT2D eigenvalue weighted by Gasteiger charge is -2.16. The Morgan fingerprint density at radius 3 is 2.86 bits per heavy atom. The molecule has 0 saturated heterocycles. The van der Waals surface area contributed by atoms with E-state index >= 15 is 0 Å². The summed E-state index contributed by atoms with van der Waals surface area (Å²) >= 11 is 0. The first-order valence-electron chi connectivity index (χ1n) is 4.52. The molecule has 6 heteroatoms. The van der Waals surface area contributed by atoms with Gasteiger partial charge in [0.25, 0.3) is 0 Å². The number of nitrogens with two attached hydrogens (primary N) is 1. The minimum Gasteiger partial charge on any atom is -0.327 e. The molecule has 0 bridgehead atoms. The van der Waals surface area contributed by atoms with E-state index in [0.717, 1.165) is 12.8 Å². The largest absolute Gasteiger partial charge is 0.327 e. The number of aromatic nitrogens is 2. The third-order valence-electron chi connectivity index (χ3n) is 2.97. The molecule has 1 aliphatic carbocycles. The number of rotatable bonds is 3. The molecule has 0 amide bonds. The van der Waals surface area contributed by atoms with Crippen molar-refractivity contribution >= 4 is 5.69 Å². The zero-order valence-electron chi connectivity index (χ0n) is 7.86. The molecular weight excluding hydrogens is 184 g/mol. The fraction of sp³-hybridized carbons (Fsp3) is 0.625. The Bertz CT molecular complexity index is 367. The van der Waals surface area contributed by atoms with Crippen LogP contribution in [0.15, 0.2) is 6.20 Å². The first kappa shape index (κ1) is 9.14. The van der Waals surface area contributed by atoms with Crippen LogP contribution < -0.4 is 5.73 Å². The number of nitrogens with zero attached hydrogens (tertiary/aromatic N) is 2. The first-order chi connectivity index (χ1) is 6.58. The highest BCUT2D eigenvalue weighted by Gasteiger charge is 2.52. The van der Waals surface area contributed by atoms with Crippen LogP contribution in [-0.4, -0.2) is 21.2 Å². The predicted molar refractivity (Wildman–Crippen MR) is 49.8 cm³/mol. The summed E-state index contributed by atoms with van der Waals surface area (Å²) in [6, 6.07) is -0.0818. The van der Waals surface area contributed by atoms with Gasteiger partial charge in [-0.25, -0.2) is 0 Å². The second-order valence-corrected chi connectivity index (χ2v) is 3.83. The van der Waals surface area contributed by atoms with Gasteiger partial charge in [-0.1, -0.05) is 0 Å². The van der Waals surface area contributed by atoms with Crippen molar-refractivity contribution in [3.63, 3.8) is 0 Å². The van der Waals surface area contributed by atoms with Crippen molar-refractivity contribution in [3.8, 4) is 0 Å². The molecule has 1 aliphatic rings. The SMILES string of the molecule is CC(N)C1(c2[nH]ncc2[N+](=O)[O-])CC1. The van der Waals surface area contributed by atoms with Crippen LogP contribution in [0.25, 0.3) is 0 Å². The van der Waals surface area contributed by atoms with Crippen molar-refractivity contribution in [2.45, 2.75) is 31.2 Å². The Morgan fingerprint density at radius 2 is 2.43 bits per heavy atom. The Balaban J connectivity index is 2.42. The Kier molecular flexibility index (Phi) is 1.81. The number of hydrogen-bond donors (Lipinski definition) is 2.